The summed E-state index contributed by atoms with van der Waals surface area (Å²) < 4.78 is 1.30. The van der Waals surface area contributed by atoms with Crippen LogP contribution < -0.4 is 10.9 Å². The van der Waals surface area contributed by atoms with Crippen LogP contribution in [0.5, 0.6) is 0 Å². The number of hydrogen-bond donors (Lipinski definition) is 1. The largest absolute Gasteiger partial charge is 0.352 e. The number of benzene rings is 1. The molecule has 132 valence electrons. The van der Waals surface area contributed by atoms with Crippen molar-refractivity contribution in [1.29, 1.82) is 0 Å². The highest BCUT2D eigenvalue weighted by molar-refractivity contribution is 5.75. The highest BCUT2D eigenvalue weighted by atomic mass is 16.2. The third-order valence-electron chi connectivity index (χ3n) is 4.68. The maximum atomic E-state index is 12.2. The van der Waals surface area contributed by atoms with Gasteiger partial charge in [0.2, 0.25) is 5.91 Å². The average Bonchev–Trinajstić information content (AvgIpc) is 2.61. The standard InChI is InChI=1S/C20H25N3O2/c1-15(11-12-16-7-3-2-4-8-16)21-19(24)14-23-20(25)13-17-9-5-6-10-18(17)22-23/h2-4,7-8,13,15H,5-6,9-12,14H2,1H3,(H,21,24)/t15-/m1/s1. The van der Waals surface area contributed by atoms with E-state index in [2.05, 4.69) is 22.5 Å². The molecule has 0 bridgehead atoms. The van der Waals surface area contributed by atoms with Gasteiger partial charge in [-0.15, -0.1) is 0 Å². The van der Waals surface area contributed by atoms with Crippen LogP contribution in [-0.2, 0) is 30.6 Å². The van der Waals surface area contributed by atoms with E-state index in [0.29, 0.717) is 0 Å². The van der Waals surface area contributed by atoms with Crippen LogP contribution in [0, 0.1) is 0 Å². The molecule has 1 amide bonds. The van der Waals surface area contributed by atoms with Crippen LogP contribution in [0.3, 0.4) is 0 Å². The van der Waals surface area contributed by atoms with Gasteiger partial charge in [0, 0.05) is 12.1 Å². The molecule has 1 aromatic carbocycles. The van der Waals surface area contributed by atoms with Gasteiger partial charge in [0.1, 0.15) is 6.54 Å². The van der Waals surface area contributed by atoms with Gasteiger partial charge in [-0.25, -0.2) is 4.68 Å². The summed E-state index contributed by atoms with van der Waals surface area (Å²) in [5.74, 6) is -0.161. The van der Waals surface area contributed by atoms with Crippen molar-refractivity contribution >= 4 is 5.91 Å². The summed E-state index contributed by atoms with van der Waals surface area (Å²) in [6, 6.07) is 11.9. The van der Waals surface area contributed by atoms with Crippen LogP contribution in [0.1, 0.15) is 43.0 Å². The van der Waals surface area contributed by atoms with Crippen molar-refractivity contribution in [3.8, 4) is 0 Å². The Labute approximate surface area is 148 Å². The number of nitrogens with one attached hydrogen (secondary N) is 1. The molecule has 1 heterocycles. The number of carbonyl (C=O) groups excluding carboxylic acids is 1. The predicted molar refractivity (Wildman–Crippen MR) is 97.5 cm³/mol. The molecule has 1 aromatic heterocycles. The van der Waals surface area contributed by atoms with E-state index in [1.165, 1.54) is 10.2 Å². The van der Waals surface area contributed by atoms with Gasteiger partial charge in [0.05, 0.1) is 5.69 Å². The van der Waals surface area contributed by atoms with E-state index in [1.807, 2.05) is 25.1 Å². The van der Waals surface area contributed by atoms with Crippen LogP contribution in [0.2, 0.25) is 0 Å². The van der Waals surface area contributed by atoms with E-state index in [0.717, 1.165) is 49.8 Å². The molecule has 1 N–H and O–H groups in total. The van der Waals surface area contributed by atoms with Crippen molar-refractivity contribution in [2.45, 2.75) is 58.0 Å². The molecular weight excluding hydrogens is 314 g/mol. The lowest BCUT2D eigenvalue weighted by Gasteiger charge is -2.17. The third kappa shape index (κ3) is 4.78. The summed E-state index contributed by atoms with van der Waals surface area (Å²) in [5.41, 5.74) is 3.09. The predicted octanol–water partition coefficient (Wildman–Crippen LogP) is 2.26. The van der Waals surface area contributed by atoms with Gasteiger partial charge in [0.15, 0.2) is 0 Å². The molecule has 2 aromatic rings. The topological polar surface area (TPSA) is 64.0 Å². The Kier molecular flexibility index (Phi) is 5.64. The first-order valence-corrected chi connectivity index (χ1v) is 9.05. The number of aryl methyl sites for hydroxylation is 3. The molecule has 5 heteroatoms. The number of carbonyl (C=O) groups is 1. The van der Waals surface area contributed by atoms with Gasteiger partial charge < -0.3 is 5.32 Å². The van der Waals surface area contributed by atoms with Crippen LogP contribution in [0.25, 0.3) is 0 Å². The van der Waals surface area contributed by atoms with Crippen molar-refractivity contribution in [3.63, 3.8) is 0 Å². The molecule has 1 aliphatic carbocycles. The van der Waals surface area contributed by atoms with Gasteiger partial charge in [-0.3, -0.25) is 9.59 Å². The van der Waals surface area contributed by atoms with Gasteiger partial charge in [0.25, 0.3) is 5.56 Å². The van der Waals surface area contributed by atoms with Gasteiger partial charge >= 0.3 is 0 Å². The molecular formula is C20H25N3O2. The minimum atomic E-state index is -0.187. The fourth-order valence-electron chi connectivity index (χ4n) is 3.27. The molecule has 0 radical (unpaired) electrons. The maximum absolute atomic E-state index is 12.2. The van der Waals surface area contributed by atoms with Gasteiger partial charge in [-0.2, -0.15) is 5.10 Å². The lowest BCUT2D eigenvalue weighted by molar-refractivity contribution is -0.122. The molecule has 0 saturated carbocycles. The number of rotatable bonds is 6. The van der Waals surface area contributed by atoms with Crippen molar-refractivity contribution in [1.82, 2.24) is 15.1 Å². The normalized spacial score (nSPS) is 14.6. The second kappa shape index (κ2) is 8.10. The number of aromatic nitrogens is 2. The molecule has 0 fully saturated rings. The van der Waals surface area contributed by atoms with E-state index in [4.69, 9.17) is 0 Å². The Morgan fingerprint density at radius 2 is 2.00 bits per heavy atom. The Morgan fingerprint density at radius 3 is 2.80 bits per heavy atom. The first-order valence-electron chi connectivity index (χ1n) is 9.05. The average molecular weight is 339 g/mol. The number of nitrogens with zero attached hydrogens (tertiary/aromatic N) is 2. The Hall–Kier alpha value is -2.43. The van der Waals surface area contributed by atoms with E-state index >= 15 is 0 Å². The quantitative estimate of drug-likeness (QED) is 0.878. The van der Waals surface area contributed by atoms with Crippen molar-refractivity contribution in [2.24, 2.45) is 0 Å². The Bertz CT molecular complexity index is 783. The highest BCUT2D eigenvalue weighted by Crippen LogP contribution is 2.16. The summed E-state index contributed by atoms with van der Waals surface area (Å²) >= 11 is 0. The molecule has 0 saturated heterocycles. The lowest BCUT2D eigenvalue weighted by atomic mass is 9.97. The molecule has 0 spiro atoms. The molecule has 5 nitrogen and oxygen atoms in total. The first kappa shape index (κ1) is 17.4. The zero-order valence-electron chi connectivity index (χ0n) is 14.7. The molecule has 3 rings (SSSR count). The summed E-state index contributed by atoms with van der Waals surface area (Å²) in [6.07, 6.45) is 5.80. The van der Waals surface area contributed by atoms with Crippen LogP contribution >= 0.6 is 0 Å². The maximum Gasteiger partial charge on any atom is 0.267 e. The van der Waals surface area contributed by atoms with Gasteiger partial charge in [-0.1, -0.05) is 30.3 Å². The zero-order valence-corrected chi connectivity index (χ0v) is 14.7. The van der Waals surface area contributed by atoms with Gasteiger partial charge in [-0.05, 0) is 56.6 Å². The minimum Gasteiger partial charge on any atom is -0.352 e. The summed E-state index contributed by atoms with van der Waals surface area (Å²) in [5, 5.41) is 7.36. The molecule has 0 unspecified atom stereocenters. The Morgan fingerprint density at radius 1 is 1.24 bits per heavy atom. The van der Waals surface area contributed by atoms with Crippen LogP contribution in [-0.4, -0.2) is 21.7 Å². The fraction of sp³-hybridized carbons (Fsp3) is 0.450. The van der Waals surface area contributed by atoms with Crippen LogP contribution in [0.4, 0.5) is 0 Å². The molecule has 0 aliphatic heterocycles. The third-order valence-corrected chi connectivity index (χ3v) is 4.68. The van der Waals surface area contributed by atoms with Crippen molar-refractivity contribution in [2.75, 3.05) is 0 Å². The Balaban J connectivity index is 1.54. The number of amides is 1. The van der Waals surface area contributed by atoms with Crippen LogP contribution in [0.15, 0.2) is 41.2 Å². The van der Waals surface area contributed by atoms with E-state index in [-0.39, 0.29) is 24.1 Å². The number of fused-ring (bicyclic) bond motifs is 1. The highest BCUT2D eigenvalue weighted by Gasteiger charge is 2.15. The summed E-state index contributed by atoms with van der Waals surface area (Å²) in [4.78, 5) is 24.4. The molecule has 25 heavy (non-hydrogen) atoms. The van der Waals surface area contributed by atoms with Crippen molar-refractivity contribution in [3.05, 3.63) is 63.6 Å². The molecule has 1 atom stereocenters. The molecule has 1 aliphatic rings. The zero-order chi connectivity index (χ0) is 17.6. The first-order chi connectivity index (χ1) is 12.1. The lowest BCUT2D eigenvalue weighted by Crippen LogP contribution is -2.39. The van der Waals surface area contributed by atoms with E-state index in [1.54, 1.807) is 6.07 Å². The van der Waals surface area contributed by atoms with Crippen molar-refractivity contribution < 1.29 is 4.79 Å². The minimum absolute atomic E-state index is 0.0121. The number of hydrogen-bond acceptors (Lipinski definition) is 3. The second-order valence-corrected chi connectivity index (χ2v) is 6.81. The monoisotopic (exact) mass is 339 g/mol. The SMILES string of the molecule is C[C@H](CCc1ccccc1)NC(=O)Cn1nc2c(cc1=O)CCCC2. The summed E-state index contributed by atoms with van der Waals surface area (Å²) in [7, 11) is 0. The summed E-state index contributed by atoms with van der Waals surface area (Å²) in [6.45, 7) is 1.98. The van der Waals surface area contributed by atoms with E-state index in [9.17, 15) is 9.59 Å². The second-order valence-electron chi connectivity index (χ2n) is 6.81. The fourth-order valence-corrected chi connectivity index (χ4v) is 3.27. The van der Waals surface area contributed by atoms with E-state index < -0.39 is 0 Å². The smallest absolute Gasteiger partial charge is 0.267 e.